The van der Waals surface area contributed by atoms with Crippen LogP contribution in [0.5, 0.6) is 0 Å². The van der Waals surface area contributed by atoms with Gasteiger partial charge in [0.25, 0.3) is 0 Å². The summed E-state index contributed by atoms with van der Waals surface area (Å²) < 4.78 is 2.26. The quantitative estimate of drug-likeness (QED) is 0.779. The van der Waals surface area contributed by atoms with Gasteiger partial charge in [-0.2, -0.15) is 0 Å². The van der Waals surface area contributed by atoms with Crippen molar-refractivity contribution in [3.63, 3.8) is 0 Å². The lowest BCUT2D eigenvalue weighted by Crippen LogP contribution is -2.31. The lowest BCUT2D eigenvalue weighted by atomic mass is 9.80. The molecular weight excluding hydrogens is 286 g/mol. The fraction of sp³-hybridized carbons (Fsp3) is 0.333. The van der Waals surface area contributed by atoms with E-state index in [4.69, 9.17) is 11.5 Å². The monoisotopic (exact) mass is 307 g/mol. The molecular formula is C18H21N5. The van der Waals surface area contributed by atoms with Crippen LogP contribution in [0.15, 0.2) is 36.8 Å². The van der Waals surface area contributed by atoms with Crippen molar-refractivity contribution in [3.8, 4) is 11.1 Å². The van der Waals surface area contributed by atoms with Gasteiger partial charge < -0.3 is 16.0 Å². The summed E-state index contributed by atoms with van der Waals surface area (Å²) in [5, 5.41) is 0.953. The molecule has 5 heteroatoms. The zero-order chi connectivity index (χ0) is 16.0. The minimum atomic E-state index is 0.457. The summed E-state index contributed by atoms with van der Waals surface area (Å²) in [7, 11) is 0. The summed E-state index contributed by atoms with van der Waals surface area (Å²) in [6.07, 6.45) is 5.95. The molecule has 0 aliphatic heterocycles. The fourth-order valence-corrected chi connectivity index (χ4v) is 3.54. The Labute approximate surface area is 135 Å². The van der Waals surface area contributed by atoms with Gasteiger partial charge in [-0.15, -0.1) is 0 Å². The summed E-state index contributed by atoms with van der Waals surface area (Å²) in [6.45, 7) is 2.86. The number of benzene rings is 1. The van der Waals surface area contributed by atoms with Gasteiger partial charge in [0.1, 0.15) is 17.8 Å². The van der Waals surface area contributed by atoms with E-state index in [1.807, 2.05) is 0 Å². The van der Waals surface area contributed by atoms with Crippen molar-refractivity contribution in [3.05, 3.63) is 42.4 Å². The SMILES string of the molecule is Cc1cccc(-c2cn(C3CC(CN)C3)c3ncnc(N)c23)c1. The van der Waals surface area contributed by atoms with Crippen molar-refractivity contribution in [1.29, 1.82) is 0 Å². The molecule has 5 nitrogen and oxygen atoms in total. The first-order valence-electron chi connectivity index (χ1n) is 8.05. The van der Waals surface area contributed by atoms with E-state index in [1.165, 1.54) is 5.56 Å². The Bertz CT molecular complexity index is 861. The minimum Gasteiger partial charge on any atom is -0.383 e. The standard InChI is InChI=1S/C18H21N5/c1-11-3-2-4-13(5-11)15-9-23(14-6-12(7-14)8-19)18-16(15)17(20)21-10-22-18/h2-5,9-10,12,14H,6-8,19H2,1H3,(H2,20,21,22). The van der Waals surface area contributed by atoms with Crippen LogP contribution in [0.3, 0.4) is 0 Å². The topological polar surface area (TPSA) is 82.8 Å². The van der Waals surface area contributed by atoms with Gasteiger partial charge >= 0.3 is 0 Å². The number of nitrogen functional groups attached to an aromatic ring is 1. The molecule has 23 heavy (non-hydrogen) atoms. The van der Waals surface area contributed by atoms with E-state index in [1.54, 1.807) is 6.33 Å². The number of fused-ring (bicyclic) bond motifs is 1. The molecule has 118 valence electrons. The molecule has 1 saturated carbocycles. The van der Waals surface area contributed by atoms with Gasteiger partial charge in [-0.25, -0.2) is 9.97 Å². The van der Waals surface area contributed by atoms with E-state index in [0.717, 1.165) is 41.5 Å². The zero-order valence-electron chi connectivity index (χ0n) is 13.2. The Kier molecular flexibility index (Phi) is 3.31. The summed E-state index contributed by atoms with van der Waals surface area (Å²) in [5.41, 5.74) is 16.4. The van der Waals surface area contributed by atoms with E-state index in [0.29, 0.717) is 17.8 Å². The van der Waals surface area contributed by atoms with Crippen LogP contribution in [-0.4, -0.2) is 21.1 Å². The second-order valence-electron chi connectivity index (χ2n) is 6.50. The van der Waals surface area contributed by atoms with Crippen LogP contribution in [0.1, 0.15) is 24.4 Å². The van der Waals surface area contributed by atoms with E-state index in [-0.39, 0.29) is 0 Å². The number of aryl methyl sites for hydroxylation is 1. The zero-order valence-corrected chi connectivity index (χ0v) is 13.2. The molecule has 2 heterocycles. The molecule has 3 aromatic rings. The molecule has 1 aliphatic rings. The van der Waals surface area contributed by atoms with Crippen LogP contribution < -0.4 is 11.5 Å². The third-order valence-corrected chi connectivity index (χ3v) is 4.91. The second-order valence-corrected chi connectivity index (χ2v) is 6.50. The molecule has 2 aromatic heterocycles. The van der Waals surface area contributed by atoms with Crippen molar-refractivity contribution >= 4 is 16.9 Å². The predicted octanol–water partition coefficient (Wildman–Crippen LogP) is 2.90. The van der Waals surface area contributed by atoms with Gasteiger partial charge in [-0.1, -0.05) is 29.8 Å². The Morgan fingerprint density at radius 3 is 2.83 bits per heavy atom. The number of anilines is 1. The second kappa shape index (κ2) is 5.35. The maximum absolute atomic E-state index is 6.17. The first-order valence-corrected chi connectivity index (χ1v) is 8.05. The van der Waals surface area contributed by atoms with E-state index in [2.05, 4.69) is 51.9 Å². The summed E-state index contributed by atoms with van der Waals surface area (Å²) in [4.78, 5) is 8.70. The van der Waals surface area contributed by atoms with Crippen molar-refractivity contribution in [2.75, 3.05) is 12.3 Å². The lowest BCUT2D eigenvalue weighted by Gasteiger charge is -2.35. The number of hydrogen-bond acceptors (Lipinski definition) is 4. The highest BCUT2D eigenvalue weighted by Gasteiger charge is 2.31. The van der Waals surface area contributed by atoms with Gasteiger partial charge in [-0.05, 0) is 37.8 Å². The van der Waals surface area contributed by atoms with Crippen molar-refractivity contribution in [2.45, 2.75) is 25.8 Å². The number of hydrogen-bond donors (Lipinski definition) is 2. The molecule has 1 aromatic carbocycles. The largest absolute Gasteiger partial charge is 0.383 e. The maximum atomic E-state index is 6.17. The predicted molar refractivity (Wildman–Crippen MR) is 92.9 cm³/mol. The third-order valence-electron chi connectivity index (χ3n) is 4.91. The Morgan fingerprint density at radius 1 is 1.26 bits per heavy atom. The number of rotatable bonds is 3. The van der Waals surface area contributed by atoms with Gasteiger partial charge in [0.2, 0.25) is 0 Å². The summed E-state index contributed by atoms with van der Waals surface area (Å²) >= 11 is 0. The van der Waals surface area contributed by atoms with Gasteiger partial charge in [0, 0.05) is 17.8 Å². The highest BCUT2D eigenvalue weighted by atomic mass is 15.1. The highest BCUT2D eigenvalue weighted by Crippen LogP contribution is 2.42. The Hall–Kier alpha value is -2.40. The Balaban J connectivity index is 1.88. The first kappa shape index (κ1) is 14.2. The molecule has 0 atom stereocenters. The average Bonchev–Trinajstić information content (AvgIpc) is 2.87. The van der Waals surface area contributed by atoms with E-state index >= 15 is 0 Å². The molecule has 0 unspecified atom stereocenters. The number of nitrogens with two attached hydrogens (primary N) is 2. The van der Waals surface area contributed by atoms with E-state index < -0.39 is 0 Å². The normalized spacial score (nSPS) is 20.6. The van der Waals surface area contributed by atoms with Crippen LogP contribution in [0.25, 0.3) is 22.2 Å². The molecule has 4 rings (SSSR count). The van der Waals surface area contributed by atoms with Crippen molar-refractivity contribution in [2.24, 2.45) is 11.7 Å². The Morgan fingerprint density at radius 2 is 2.09 bits per heavy atom. The van der Waals surface area contributed by atoms with Crippen LogP contribution in [0.2, 0.25) is 0 Å². The highest BCUT2D eigenvalue weighted by molar-refractivity contribution is 6.00. The van der Waals surface area contributed by atoms with Crippen molar-refractivity contribution < 1.29 is 0 Å². The third kappa shape index (κ3) is 2.28. The molecule has 0 bridgehead atoms. The number of nitrogens with zero attached hydrogens (tertiary/aromatic N) is 3. The molecule has 4 N–H and O–H groups in total. The smallest absolute Gasteiger partial charge is 0.146 e. The van der Waals surface area contributed by atoms with Crippen LogP contribution in [-0.2, 0) is 0 Å². The average molecular weight is 307 g/mol. The van der Waals surface area contributed by atoms with Crippen LogP contribution >= 0.6 is 0 Å². The molecule has 0 radical (unpaired) electrons. The molecule has 0 amide bonds. The lowest BCUT2D eigenvalue weighted by molar-refractivity contribution is 0.209. The van der Waals surface area contributed by atoms with Crippen LogP contribution in [0.4, 0.5) is 5.82 Å². The molecule has 1 fully saturated rings. The molecule has 1 aliphatic carbocycles. The summed E-state index contributed by atoms with van der Waals surface area (Å²) in [5.74, 6) is 1.17. The van der Waals surface area contributed by atoms with Gasteiger partial charge in [0.15, 0.2) is 0 Å². The van der Waals surface area contributed by atoms with Gasteiger partial charge in [0.05, 0.1) is 5.39 Å². The molecule has 0 saturated heterocycles. The minimum absolute atomic E-state index is 0.457. The molecule has 0 spiro atoms. The fourth-order valence-electron chi connectivity index (χ4n) is 3.54. The summed E-state index contributed by atoms with van der Waals surface area (Å²) in [6, 6.07) is 8.91. The number of aromatic nitrogens is 3. The first-order chi connectivity index (χ1) is 11.2. The van der Waals surface area contributed by atoms with Crippen LogP contribution in [0, 0.1) is 12.8 Å². The maximum Gasteiger partial charge on any atom is 0.146 e. The van der Waals surface area contributed by atoms with E-state index in [9.17, 15) is 0 Å². The van der Waals surface area contributed by atoms with Gasteiger partial charge in [-0.3, -0.25) is 0 Å². The van der Waals surface area contributed by atoms with Crippen molar-refractivity contribution in [1.82, 2.24) is 14.5 Å².